The summed E-state index contributed by atoms with van der Waals surface area (Å²) in [6.45, 7) is 6.98. The number of fused-ring (bicyclic) bond motifs is 1. The maximum atomic E-state index is 12.4. The molecule has 0 unspecified atom stereocenters. The van der Waals surface area contributed by atoms with Crippen molar-refractivity contribution in [3.63, 3.8) is 0 Å². The first-order chi connectivity index (χ1) is 12.0. The van der Waals surface area contributed by atoms with E-state index in [1.807, 2.05) is 17.7 Å². The van der Waals surface area contributed by atoms with Crippen LogP contribution in [-0.2, 0) is 13.1 Å². The number of aromatic amines is 1. The number of hydrogen-bond donors (Lipinski definition) is 2. The first-order valence-corrected chi connectivity index (χ1v) is 8.24. The highest BCUT2D eigenvalue weighted by molar-refractivity contribution is 5.94. The van der Waals surface area contributed by atoms with Crippen molar-refractivity contribution in [2.75, 3.05) is 0 Å². The van der Waals surface area contributed by atoms with Crippen LogP contribution in [0.2, 0.25) is 0 Å². The van der Waals surface area contributed by atoms with Crippen LogP contribution >= 0.6 is 0 Å². The second-order valence-corrected chi connectivity index (χ2v) is 6.43. The highest BCUT2D eigenvalue weighted by Crippen LogP contribution is 2.10. The summed E-state index contributed by atoms with van der Waals surface area (Å²) in [7, 11) is 0. The van der Waals surface area contributed by atoms with Gasteiger partial charge in [0.1, 0.15) is 5.82 Å². The van der Waals surface area contributed by atoms with Crippen molar-refractivity contribution in [1.29, 1.82) is 0 Å². The average Bonchev–Trinajstić information content (AvgIpc) is 2.93. The van der Waals surface area contributed by atoms with E-state index >= 15 is 0 Å². The molecule has 7 nitrogen and oxygen atoms in total. The van der Waals surface area contributed by atoms with E-state index in [1.165, 1.54) is 0 Å². The minimum atomic E-state index is -0.233. The number of amides is 1. The molecule has 3 aromatic rings. The van der Waals surface area contributed by atoms with Gasteiger partial charge in [0, 0.05) is 12.2 Å². The van der Waals surface area contributed by atoms with Gasteiger partial charge in [-0.2, -0.15) is 5.10 Å². The quantitative estimate of drug-likeness (QED) is 0.744. The van der Waals surface area contributed by atoms with Crippen LogP contribution in [0.5, 0.6) is 0 Å². The molecule has 0 fully saturated rings. The Kier molecular flexibility index (Phi) is 4.65. The van der Waals surface area contributed by atoms with Crippen molar-refractivity contribution in [2.45, 2.75) is 33.9 Å². The summed E-state index contributed by atoms with van der Waals surface area (Å²) in [5.74, 6) is 0.633. The fourth-order valence-corrected chi connectivity index (χ4v) is 2.68. The number of hydrogen-bond acceptors (Lipinski definition) is 4. The summed E-state index contributed by atoms with van der Waals surface area (Å²) in [6.07, 6.45) is 1.57. The predicted molar refractivity (Wildman–Crippen MR) is 95.3 cm³/mol. The fraction of sp³-hybridized carbons (Fsp3) is 0.333. The van der Waals surface area contributed by atoms with Crippen molar-refractivity contribution in [3.05, 3.63) is 57.9 Å². The number of H-pyrrole nitrogens is 1. The van der Waals surface area contributed by atoms with Gasteiger partial charge in [-0.3, -0.25) is 14.3 Å². The molecule has 1 aromatic carbocycles. The van der Waals surface area contributed by atoms with Crippen LogP contribution in [0.25, 0.3) is 10.9 Å². The third kappa shape index (κ3) is 3.60. The second kappa shape index (κ2) is 6.88. The molecule has 0 aliphatic carbocycles. The topological polar surface area (TPSA) is 92.7 Å². The molecule has 0 bridgehead atoms. The summed E-state index contributed by atoms with van der Waals surface area (Å²) in [4.78, 5) is 31.5. The van der Waals surface area contributed by atoms with Crippen LogP contribution < -0.4 is 10.9 Å². The number of para-hydroxylation sites is 1. The Hall–Kier alpha value is -2.96. The largest absolute Gasteiger partial charge is 0.345 e. The highest BCUT2D eigenvalue weighted by Gasteiger charge is 2.15. The lowest BCUT2D eigenvalue weighted by Gasteiger charge is -2.08. The molecule has 0 saturated heterocycles. The minimum absolute atomic E-state index is 0.147. The fourth-order valence-electron chi connectivity index (χ4n) is 2.68. The van der Waals surface area contributed by atoms with Crippen molar-refractivity contribution < 1.29 is 4.79 Å². The number of aromatic nitrogens is 4. The molecular weight excluding hydrogens is 318 g/mol. The van der Waals surface area contributed by atoms with Crippen LogP contribution in [0.15, 0.2) is 35.3 Å². The van der Waals surface area contributed by atoms with Crippen molar-refractivity contribution in [2.24, 2.45) is 5.92 Å². The van der Waals surface area contributed by atoms with Gasteiger partial charge < -0.3 is 10.3 Å². The van der Waals surface area contributed by atoms with Crippen LogP contribution in [0.3, 0.4) is 0 Å². The lowest BCUT2D eigenvalue weighted by Crippen LogP contribution is -2.26. The maximum Gasteiger partial charge on any atom is 0.258 e. The molecular formula is C18H21N5O2. The highest BCUT2D eigenvalue weighted by atomic mass is 16.1. The van der Waals surface area contributed by atoms with E-state index in [0.29, 0.717) is 28.2 Å². The number of carbonyl (C=O) groups is 1. The zero-order valence-electron chi connectivity index (χ0n) is 14.5. The zero-order chi connectivity index (χ0) is 18.0. The summed E-state index contributed by atoms with van der Waals surface area (Å²) in [6, 6.07) is 7.11. The van der Waals surface area contributed by atoms with Crippen LogP contribution in [0.1, 0.15) is 35.7 Å². The normalized spacial score (nSPS) is 11.2. The van der Waals surface area contributed by atoms with Gasteiger partial charge in [0.15, 0.2) is 0 Å². The molecule has 0 radical (unpaired) electrons. The van der Waals surface area contributed by atoms with E-state index in [2.05, 4.69) is 34.2 Å². The van der Waals surface area contributed by atoms with Crippen molar-refractivity contribution in [1.82, 2.24) is 25.1 Å². The van der Waals surface area contributed by atoms with Crippen molar-refractivity contribution >= 4 is 16.8 Å². The van der Waals surface area contributed by atoms with Gasteiger partial charge in [-0.25, -0.2) is 4.98 Å². The molecule has 130 valence electrons. The first kappa shape index (κ1) is 16.9. The number of rotatable bonds is 5. The summed E-state index contributed by atoms with van der Waals surface area (Å²) < 4.78 is 1.83. The van der Waals surface area contributed by atoms with Crippen LogP contribution in [-0.4, -0.2) is 25.7 Å². The molecule has 0 atom stereocenters. The third-order valence-corrected chi connectivity index (χ3v) is 3.96. The Morgan fingerprint density at radius 2 is 2.08 bits per heavy atom. The van der Waals surface area contributed by atoms with Crippen LogP contribution in [0.4, 0.5) is 0 Å². The Balaban J connectivity index is 1.75. The molecule has 2 aromatic heterocycles. The van der Waals surface area contributed by atoms with Crippen LogP contribution in [0, 0.1) is 12.8 Å². The molecule has 0 aliphatic heterocycles. The minimum Gasteiger partial charge on any atom is -0.345 e. The van der Waals surface area contributed by atoms with Gasteiger partial charge in [0.05, 0.1) is 29.2 Å². The van der Waals surface area contributed by atoms with Crippen molar-refractivity contribution in [3.8, 4) is 0 Å². The van der Waals surface area contributed by atoms with Gasteiger partial charge in [-0.1, -0.05) is 26.0 Å². The van der Waals surface area contributed by atoms with Gasteiger partial charge in [0.2, 0.25) is 0 Å². The Morgan fingerprint density at radius 3 is 2.84 bits per heavy atom. The van der Waals surface area contributed by atoms with E-state index in [4.69, 9.17) is 0 Å². The average molecular weight is 339 g/mol. The Bertz CT molecular complexity index is 971. The van der Waals surface area contributed by atoms with E-state index in [0.717, 1.165) is 12.2 Å². The smallest absolute Gasteiger partial charge is 0.258 e. The number of nitrogens with one attached hydrogen (secondary N) is 2. The van der Waals surface area contributed by atoms with E-state index in [1.54, 1.807) is 24.4 Å². The third-order valence-electron chi connectivity index (χ3n) is 3.96. The molecule has 25 heavy (non-hydrogen) atoms. The molecule has 0 aliphatic rings. The lowest BCUT2D eigenvalue weighted by atomic mass is 10.2. The van der Waals surface area contributed by atoms with Gasteiger partial charge >= 0.3 is 0 Å². The van der Waals surface area contributed by atoms with Gasteiger partial charge in [0.25, 0.3) is 11.5 Å². The molecule has 1 amide bonds. The number of carbonyl (C=O) groups excluding carboxylic acids is 1. The predicted octanol–water partition coefficient (Wildman–Crippen LogP) is 2.01. The molecule has 0 spiro atoms. The summed E-state index contributed by atoms with van der Waals surface area (Å²) in [5.41, 5.74) is 1.75. The van der Waals surface area contributed by atoms with E-state index < -0.39 is 0 Å². The summed E-state index contributed by atoms with van der Waals surface area (Å²) >= 11 is 0. The second-order valence-electron chi connectivity index (χ2n) is 6.43. The molecule has 0 saturated carbocycles. The molecule has 7 heteroatoms. The van der Waals surface area contributed by atoms with Gasteiger partial charge in [-0.15, -0.1) is 0 Å². The molecule has 2 N–H and O–H groups in total. The Labute approximate surface area is 145 Å². The SMILES string of the molecule is Cc1c(C(=O)NCc2nc3ccccc3c(=O)[nH]2)cnn1CC(C)C. The first-order valence-electron chi connectivity index (χ1n) is 8.24. The van der Waals surface area contributed by atoms with E-state index in [-0.39, 0.29) is 18.0 Å². The summed E-state index contributed by atoms with van der Waals surface area (Å²) in [5, 5.41) is 7.59. The monoisotopic (exact) mass is 339 g/mol. The molecule has 3 rings (SSSR count). The number of nitrogens with zero attached hydrogens (tertiary/aromatic N) is 3. The Morgan fingerprint density at radius 1 is 1.32 bits per heavy atom. The van der Waals surface area contributed by atoms with Gasteiger partial charge in [-0.05, 0) is 25.0 Å². The standard InChI is InChI=1S/C18H21N5O2/c1-11(2)10-23-12(3)14(8-20-23)17(24)19-9-16-21-15-7-5-4-6-13(15)18(25)22-16/h4-8,11H,9-10H2,1-3H3,(H,19,24)(H,21,22,25). The van der Waals surface area contributed by atoms with E-state index in [9.17, 15) is 9.59 Å². The maximum absolute atomic E-state index is 12.4. The lowest BCUT2D eigenvalue weighted by molar-refractivity contribution is 0.0949. The zero-order valence-corrected chi connectivity index (χ0v) is 14.5. The molecule has 2 heterocycles. The number of benzene rings is 1.